The fourth-order valence-electron chi connectivity index (χ4n) is 5.23. The maximum atomic E-state index is 12.9. The van der Waals surface area contributed by atoms with Gasteiger partial charge in [-0.25, -0.2) is 4.79 Å². The number of carboxylic acid groups (broad SMARTS) is 1. The number of hydrogen-bond donors (Lipinski definition) is 3. The number of methoxy groups -OCH3 is 1. The molecule has 0 aliphatic carbocycles. The van der Waals surface area contributed by atoms with E-state index >= 15 is 0 Å². The molecule has 0 radical (unpaired) electrons. The molecule has 5 aromatic rings. The third kappa shape index (κ3) is 5.60. The zero-order chi connectivity index (χ0) is 30.0. The van der Waals surface area contributed by atoms with Crippen LogP contribution in [0.5, 0.6) is 5.75 Å². The molecule has 1 aromatic heterocycles. The summed E-state index contributed by atoms with van der Waals surface area (Å²) < 4.78 is 7.41. The van der Waals surface area contributed by atoms with Gasteiger partial charge in [0.15, 0.2) is 0 Å². The van der Waals surface area contributed by atoms with Gasteiger partial charge < -0.3 is 25.0 Å². The van der Waals surface area contributed by atoms with E-state index in [4.69, 9.17) is 15.9 Å². The molecule has 0 unspecified atom stereocenters. The van der Waals surface area contributed by atoms with E-state index in [0.717, 1.165) is 27.6 Å². The third-order valence-corrected chi connectivity index (χ3v) is 7.36. The molecule has 8 heteroatoms. The van der Waals surface area contributed by atoms with Crippen molar-refractivity contribution in [3.05, 3.63) is 125 Å². The van der Waals surface area contributed by atoms with Crippen LogP contribution < -0.4 is 10.5 Å². The highest BCUT2D eigenvalue weighted by atomic mass is 16.5. The highest BCUT2D eigenvalue weighted by molar-refractivity contribution is 6.01. The predicted octanol–water partition coefficient (Wildman–Crippen LogP) is 5.64. The minimum Gasteiger partial charge on any atom is -0.497 e. The van der Waals surface area contributed by atoms with Crippen LogP contribution in [-0.2, 0) is 13.0 Å². The summed E-state index contributed by atoms with van der Waals surface area (Å²) in [5, 5.41) is 19.0. The van der Waals surface area contributed by atoms with E-state index in [-0.39, 0.29) is 17.3 Å². The van der Waals surface area contributed by atoms with Crippen LogP contribution in [0.2, 0.25) is 0 Å². The van der Waals surface area contributed by atoms with E-state index in [9.17, 15) is 14.7 Å². The SMILES string of the molecule is COc1ccc(-c2cc(C(=O)N(C)C)ccc2Cn2cc(Cc3ccccc3)c3cc(C(=N)N)ccc32)c(C(=O)O)c1. The monoisotopic (exact) mass is 560 g/mol. The maximum absolute atomic E-state index is 12.9. The number of amidine groups is 1. The first-order chi connectivity index (χ1) is 20.2. The Hall–Kier alpha value is -5.37. The maximum Gasteiger partial charge on any atom is 0.336 e. The van der Waals surface area contributed by atoms with Crippen LogP contribution in [0.1, 0.15) is 43.0 Å². The number of nitrogens with two attached hydrogens (primary N) is 1. The Labute approximate surface area is 244 Å². The summed E-state index contributed by atoms with van der Waals surface area (Å²) in [4.78, 5) is 26.7. The Kier molecular flexibility index (Phi) is 7.80. The van der Waals surface area contributed by atoms with Crippen LogP contribution in [0, 0.1) is 5.41 Å². The Balaban J connectivity index is 1.68. The molecule has 1 heterocycles. The topological polar surface area (TPSA) is 122 Å². The molecule has 0 atom stereocenters. The van der Waals surface area contributed by atoms with Crippen molar-refractivity contribution in [1.82, 2.24) is 9.47 Å². The van der Waals surface area contributed by atoms with Crippen molar-refractivity contribution in [1.29, 1.82) is 5.41 Å². The van der Waals surface area contributed by atoms with Gasteiger partial charge in [0.05, 0.1) is 12.7 Å². The quantitative estimate of drug-likeness (QED) is 0.159. The number of fused-ring (bicyclic) bond motifs is 1. The van der Waals surface area contributed by atoms with Crippen molar-refractivity contribution in [3.63, 3.8) is 0 Å². The molecule has 0 aliphatic rings. The number of rotatable bonds is 9. The number of carbonyl (C=O) groups excluding carboxylic acids is 1. The van der Waals surface area contributed by atoms with E-state index in [1.165, 1.54) is 18.1 Å². The van der Waals surface area contributed by atoms with Crippen LogP contribution in [0.4, 0.5) is 0 Å². The molecular formula is C34H32N4O4. The zero-order valence-corrected chi connectivity index (χ0v) is 23.7. The molecule has 0 fully saturated rings. The van der Waals surface area contributed by atoms with Crippen LogP contribution >= 0.6 is 0 Å². The number of amides is 1. The summed E-state index contributed by atoms with van der Waals surface area (Å²) in [6.45, 7) is 0.418. The van der Waals surface area contributed by atoms with Gasteiger partial charge in [0.2, 0.25) is 0 Å². The summed E-state index contributed by atoms with van der Waals surface area (Å²) >= 11 is 0. The highest BCUT2D eigenvalue weighted by Crippen LogP contribution is 2.33. The van der Waals surface area contributed by atoms with Crippen LogP contribution in [0.25, 0.3) is 22.0 Å². The van der Waals surface area contributed by atoms with Gasteiger partial charge in [-0.15, -0.1) is 0 Å². The Morgan fingerprint density at radius 2 is 1.64 bits per heavy atom. The second-order valence-corrected chi connectivity index (χ2v) is 10.4. The largest absolute Gasteiger partial charge is 0.497 e. The van der Waals surface area contributed by atoms with Gasteiger partial charge in [0.1, 0.15) is 11.6 Å². The van der Waals surface area contributed by atoms with Gasteiger partial charge >= 0.3 is 5.97 Å². The number of nitrogen functional groups attached to an aromatic ring is 1. The van der Waals surface area contributed by atoms with Gasteiger partial charge in [-0.3, -0.25) is 10.2 Å². The minimum atomic E-state index is -1.09. The molecule has 8 nitrogen and oxygen atoms in total. The summed E-state index contributed by atoms with van der Waals surface area (Å²) in [7, 11) is 4.85. The van der Waals surface area contributed by atoms with E-state index in [2.05, 4.69) is 22.9 Å². The van der Waals surface area contributed by atoms with Crippen molar-refractivity contribution in [3.8, 4) is 16.9 Å². The lowest BCUT2D eigenvalue weighted by Gasteiger charge is -2.17. The van der Waals surface area contributed by atoms with Crippen molar-refractivity contribution < 1.29 is 19.4 Å². The standard InChI is InChI=1S/C34H32N4O4/c1-37(2)33(39)23-9-10-24(28(17-23)27-13-12-26(42-3)18-30(27)34(40)41)19-38-20-25(15-21-7-5-4-6-8-21)29-16-22(32(35)36)11-14-31(29)38/h4-14,16-18,20H,15,19H2,1-3H3,(H3,35,36)(H,40,41). The molecule has 42 heavy (non-hydrogen) atoms. The first kappa shape index (κ1) is 28.2. The number of nitrogens with one attached hydrogen (secondary N) is 1. The first-order valence-corrected chi connectivity index (χ1v) is 13.4. The lowest BCUT2D eigenvalue weighted by molar-refractivity contribution is 0.0697. The molecule has 0 aliphatic heterocycles. The van der Waals surface area contributed by atoms with Gasteiger partial charge in [-0.1, -0.05) is 36.4 Å². The zero-order valence-electron chi connectivity index (χ0n) is 23.7. The number of benzene rings is 4. The molecule has 0 bridgehead atoms. The molecule has 0 saturated heterocycles. The number of aromatic nitrogens is 1. The summed E-state index contributed by atoms with van der Waals surface area (Å²) in [5.41, 5.74) is 12.2. The molecule has 4 N–H and O–H groups in total. The smallest absolute Gasteiger partial charge is 0.336 e. The number of nitrogens with zero attached hydrogens (tertiary/aromatic N) is 2. The molecule has 0 saturated carbocycles. The molecule has 1 amide bonds. The molecule has 4 aromatic carbocycles. The fourth-order valence-corrected chi connectivity index (χ4v) is 5.23. The number of hydrogen-bond acceptors (Lipinski definition) is 4. The van der Waals surface area contributed by atoms with Crippen molar-refractivity contribution in [2.24, 2.45) is 5.73 Å². The van der Waals surface area contributed by atoms with Crippen molar-refractivity contribution >= 4 is 28.6 Å². The van der Waals surface area contributed by atoms with Crippen LogP contribution in [0.3, 0.4) is 0 Å². The van der Waals surface area contributed by atoms with Gasteiger partial charge in [-0.2, -0.15) is 0 Å². The number of carbonyl (C=O) groups is 2. The summed E-state index contributed by atoms with van der Waals surface area (Å²) in [5.74, 6) is -0.838. The normalized spacial score (nSPS) is 10.9. The molecule has 0 spiro atoms. The second kappa shape index (κ2) is 11.6. The van der Waals surface area contributed by atoms with Crippen molar-refractivity contribution in [2.75, 3.05) is 21.2 Å². The number of carboxylic acids is 1. The van der Waals surface area contributed by atoms with Crippen molar-refractivity contribution in [2.45, 2.75) is 13.0 Å². The van der Waals surface area contributed by atoms with Gasteiger partial charge in [0.25, 0.3) is 5.91 Å². The van der Waals surface area contributed by atoms with E-state index in [1.54, 1.807) is 38.4 Å². The van der Waals surface area contributed by atoms with Crippen LogP contribution in [0.15, 0.2) is 91.1 Å². The fraction of sp³-hybridized carbons (Fsp3) is 0.147. The van der Waals surface area contributed by atoms with Gasteiger partial charge in [0, 0.05) is 48.9 Å². The Bertz CT molecular complexity index is 1820. The predicted molar refractivity (Wildman–Crippen MR) is 165 cm³/mol. The highest BCUT2D eigenvalue weighted by Gasteiger charge is 2.20. The van der Waals surface area contributed by atoms with Gasteiger partial charge in [-0.05, 0) is 82.8 Å². The first-order valence-electron chi connectivity index (χ1n) is 13.4. The average molecular weight is 561 g/mol. The van der Waals surface area contributed by atoms with E-state index in [1.807, 2.05) is 42.5 Å². The number of aromatic carboxylic acids is 1. The third-order valence-electron chi connectivity index (χ3n) is 7.36. The Morgan fingerprint density at radius 1 is 0.905 bits per heavy atom. The molecule has 212 valence electrons. The lowest BCUT2D eigenvalue weighted by atomic mass is 9.93. The number of ether oxygens (including phenoxy) is 1. The minimum absolute atomic E-state index is 0.000508. The lowest BCUT2D eigenvalue weighted by Crippen LogP contribution is -2.21. The second-order valence-electron chi connectivity index (χ2n) is 10.4. The molecular weight excluding hydrogens is 528 g/mol. The van der Waals surface area contributed by atoms with E-state index < -0.39 is 5.97 Å². The Morgan fingerprint density at radius 3 is 2.31 bits per heavy atom. The van der Waals surface area contributed by atoms with E-state index in [0.29, 0.717) is 41.0 Å². The average Bonchev–Trinajstić information content (AvgIpc) is 3.32. The van der Waals surface area contributed by atoms with Crippen LogP contribution in [-0.4, -0.2) is 53.5 Å². The summed E-state index contributed by atoms with van der Waals surface area (Å²) in [6.07, 6.45) is 2.78. The summed E-state index contributed by atoms with van der Waals surface area (Å²) in [6, 6.07) is 26.2. The molecule has 5 rings (SSSR count).